The minimum atomic E-state index is -0.557. The summed E-state index contributed by atoms with van der Waals surface area (Å²) in [7, 11) is 1.84. The van der Waals surface area contributed by atoms with E-state index in [1.807, 2.05) is 25.2 Å². The first-order chi connectivity index (χ1) is 14.8. The molecule has 0 bridgehead atoms. The van der Waals surface area contributed by atoms with E-state index in [1.54, 1.807) is 11.8 Å². The Hall–Kier alpha value is -1.92. The van der Waals surface area contributed by atoms with E-state index in [1.165, 1.54) is 5.56 Å². The van der Waals surface area contributed by atoms with Gasteiger partial charge in [0.25, 0.3) is 0 Å². The fraction of sp³-hybridized carbons (Fsp3) is 0.680. The molecule has 1 saturated carbocycles. The lowest BCUT2D eigenvalue weighted by atomic mass is 9.74. The summed E-state index contributed by atoms with van der Waals surface area (Å²) in [4.78, 5) is 28.7. The number of hydrogen-bond donors (Lipinski definition) is 2. The van der Waals surface area contributed by atoms with Crippen LogP contribution in [0.25, 0.3) is 0 Å². The van der Waals surface area contributed by atoms with E-state index in [0.717, 1.165) is 51.1 Å². The van der Waals surface area contributed by atoms with Crippen LogP contribution < -0.4 is 5.32 Å². The standard InChI is InChI=1S/C25H39N3O3/c1-19-11-15-28(16-12-19)17-24(31)27(3)22-9-13-25(14-10-23(22)30,18-26-20(2)29)21-7-5-4-6-8-21/h4-8,19,22-23,30H,9-18H2,1-3H3,(H,26,29)/t22-,23-,25+/m0/s1. The van der Waals surface area contributed by atoms with Crippen LogP contribution in [0.3, 0.4) is 0 Å². The minimum absolute atomic E-state index is 0.0419. The maximum Gasteiger partial charge on any atom is 0.236 e. The first-order valence-corrected chi connectivity index (χ1v) is 11.8. The van der Waals surface area contributed by atoms with Crippen LogP contribution in [0.1, 0.15) is 57.9 Å². The fourth-order valence-corrected chi connectivity index (χ4v) is 5.17. The van der Waals surface area contributed by atoms with Crippen molar-refractivity contribution in [1.82, 2.24) is 15.1 Å². The summed E-state index contributed by atoms with van der Waals surface area (Å²) < 4.78 is 0. The van der Waals surface area contributed by atoms with E-state index in [0.29, 0.717) is 19.5 Å². The molecule has 6 heteroatoms. The highest BCUT2D eigenvalue weighted by Gasteiger charge is 2.40. The minimum Gasteiger partial charge on any atom is -0.391 e. The molecule has 0 aromatic heterocycles. The number of aliphatic hydroxyl groups is 1. The number of likely N-dealkylation sites (tertiary alicyclic amines) is 1. The average Bonchev–Trinajstić information content (AvgIpc) is 2.93. The number of benzene rings is 1. The molecule has 31 heavy (non-hydrogen) atoms. The zero-order chi connectivity index (χ0) is 22.4. The zero-order valence-electron chi connectivity index (χ0n) is 19.3. The molecular formula is C25H39N3O3. The second-order valence-electron chi connectivity index (χ2n) is 9.73. The van der Waals surface area contributed by atoms with Crippen molar-refractivity contribution < 1.29 is 14.7 Å². The maximum absolute atomic E-state index is 13.0. The van der Waals surface area contributed by atoms with Crippen molar-refractivity contribution in [3.63, 3.8) is 0 Å². The third-order valence-electron chi connectivity index (χ3n) is 7.47. The Morgan fingerprint density at radius 3 is 2.42 bits per heavy atom. The van der Waals surface area contributed by atoms with Crippen molar-refractivity contribution in [2.24, 2.45) is 5.92 Å². The van der Waals surface area contributed by atoms with Gasteiger partial charge in [0.1, 0.15) is 0 Å². The lowest BCUT2D eigenvalue weighted by molar-refractivity contribution is -0.136. The van der Waals surface area contributed by atoms with Crippen LogP contribution >= 0.6 is 0 Å². The van der Waals surface area contributed by atoms with E-state index < -0.39 is 6.10 Å². The van der Waals surface area contributed by atoms with E-state index in [9.17, 15) is 14.7 Å². The monoisotopic (exact) mass is 429 g/mol. The van der Waals surface area contributed by atoms with Crippen LogP contribution in [0.4, 0.5) is 0 Å². The maximum atomic E-state index is 13.0. The molecule has 172 valence electrons. The van der Waals surface area contributed by atoms with Gasteiger partial charge in [-0.05, 0) is 63.1 Å². The summed E-state index contributed by atoms with van der Waals surface area (Å²) in [6.07, 6.45) is 4.65. The number of nitrogens with one attached hydrogen (secondary N) is 1. The van der Waals surface area contributed by atoms with Gasteiger partial charge >= 0.3 is 0 Å². The quantitative estimate of drug-likeness (QED) is 0.682. The number of amides is 2. The Morgan fingerprint density at radius 2 is 1.77 bits per heavy atom. The summed E-state index contributed by atoms with van der Waals surface area (Å²) in [6, 6.07) is 10.1. The Bertz CT molecular complexity index is 733. The molecule has 1 aliphatic heterocycles. The normalized spacial score (nSPS) is 28.0. The molecular weight excluding hydrogens is 390 g/mol. The number of nitrogens with zero attached hydrogens (tertiary/aromatic N) is 2. The van der Waals surface area contributed by atoms with Crippen LogP contribution in [0.15, 0.2) is 30.3 Å². The number of aliphatic hydroxyl groups excluding tert-OH is 1. The fourth-order valence-electron chi connectivity index (χ4n) is 5.17. The van der Waals surface area contributed by atoms with Gasteiger partial charge in [-0.25, -0.2) is 0 Å². The summed E-state index contributed by atoms with van der Waals surface area (Å²) in [6.45, 7) is 6.75. The number of carbonyl (C=O) groups excluding carboxylic acids is 2. The van der Waals surface area contributed by atoms with Gasteiger partial charge in [0, 0.05) is 25.9 Å². The van der Waals surface area contributed by atoms with Crippen LogP contribution in [0, 0.1) is 5.92 Å². The van der Waals surface area contributed by atoms with Gasteiger partial charge in [0.05, 0.1) is 18.7 Å². The van der Waals surface area contributed by atoms with Gasteiger partial charge in [-0.3, -0.25) is 14.5 Å². The number of rotatable bonds is 6. The van der Waals surface area contributed by atoms with Crippen LogP contribution in [-0.2, 0) is 15.0 Å². The second kappa shape index (κ2) is 10.6. The smallest absolute Gasteiger partial charge is 0.236 e. The molecule has 1 aromatic rings. The summed E-state index contributed by atoms with van der Waals surface area (Å²) in [5.41, 5.74) is 0.961. The molecule has 0 spiro atoms. The van der Waals surface area contributed by atoms with Gasteiger partial charge < -0.3 is 15.3 Å². The van der Waals surface area contributed by atoms with Gasteiger partial charge in [-0.15, -0.1) is 0 Å². The molecule has 0 unspecified atom stereocenters. The van der Waals surface area contributed by atoms with Crippen LogP contribution in [0.5, 0.6) is 0 Å². The van der Waals surface area contributed by atoms with E-state index in [-0.39, 0.29) is 23.3 Å². The predicted molar refractivity (Wildman–Crippen MR) is 123 cm³/mol. The number of carbonyl (C=O) groups is 2. The average molecular weight is 430 g/mol. The topological polar surface area (TPSA) is 72.9 Å². The Labute approximate surface area is 187 Å². The van der Waals surface area contributed by atoms with E-state index in [4.69, 9.17) is 0 Å². The van der Waals surface area contributed by atoms with E-state index in [2.05, 4.69) is 29.3 Å². The van der Waals surface area contributed by atoms with Crippen molar-refractivity contribution in [1.29, 1.82) is 0 Å². The molecule has 1 aliphatic carbocycles. The molecule has 2 N–H and O–H groups in total. The molecule has 2 fully saturated rings. The first kappa shape index (κ1) is 23.7. The highest BCUT2D eigenvalue weighted by Crippen LogP contribution is 2.39. The highest BCUT2D eigenvalue weighted by atomic mass is 16.3. The summed E-state index contributed by atoms with van der Waals surface area (Å²) in [5.74, 6) is 0.787. The van der Waals surface area contributed by atoms with Crippen molar-refractivity contribution in [3.8, 4) is 0 Å². The van der Waals surface area contributed by atoms with Crippen LogP contribution in [-0.4, -0.2) is 72.1 Å². The molecule has 3 rings (SSSR count). The van der Waals surface area contributed by atoms with Crippen LogP contribution in [0.2, 0.25) is 0 Å². The van der Waals surface area contributed by atoms with Gasteiger partial charge in [0.2, 0.25) is 11.8 Å². The number of hydrogen-bond acceptors (Lipinski definition) is 4. The molecule has 6 nitrogen and oxygen atoms in total. The lowest BCUT2D eigenvalue weighted by Gasteiger charge is -2.35. The van der Waals surface area contributed by atoms with Crippen molar-refractivity contribution in [3.05, 3.63) is 35.9 Å². The summed E-state index contributed by atoms with van der Waals surface area (Å²) >= 11 is 0. The van der Waals surface area contributed by atoms with Gasteiger partial charge in [-0.2, -0.15) is 0 Å². The van der Waals surface area contributed by atoms with Crippen molar-refractivity contribution >= 4 is 11.8 Å². The second-order valence-corrected chi connectivity index (χ2v) is 9.73. The molecule has 2 aliphatic rings. The number of likely N-dealkylation sites (N-methyl/N-ethyl adjacent to an activating group) is 1. The highest BCUT2D eigenvalue weighted by molar-refractivity contribution is 5.78. The lowest BCUT2D eigenvalue weighted by Crippen LogP contribution is -2.49. The molecule has 2 amide bonds. The molecule has 1 saturated heterocycles. The first-order valence-electron chi connectivity index (χ1n) is 11.8. The van der Waals surface area contributed by atoms with Crippen molar-refractivity contribution in [2.45, 2.75) is 69.9 Å². The predicted octanol–water partition coefficient (Wildman–Crippen LogP) is 2.55. The van der Waals surface area contributed by atoms with Crippen molar-refractivity contribution in [2.75, 3.05) is 33.2 Å². The van der Waals surface area contributed by atoms with Gasteiger partial charge in [0.15, 0.2) is 0 Å². The molecule has 1 heterocycles. The summed E-state index contributed by atoms with van der Waals surface area (Å²) in [5, 5.41) is 14.0. The Kier molecular flexibility index (Phi) is 8.11. The largest absolute Gasteiger partial charge is 0.391 e. The van der Waals surface area contributed by atoms with Gasteiger partial charge in [-0.1, -0.05) is 37.3 Å². The molecule has 3 atom stereocenters. The SMILES string of the molecule is CC(=O)NC[C@]1(c2ccccc2)CC[C@H](O)[C@@H](N(C)C(=O)CN2CCC(C)CC2)CC1. The zero-order valence-corrected chi connectivity index (χ0v) is 19.3. The third-order valence-corrected chi connectivity index (χ3v) is 7.47. The molecule has 0 radical (unpaired) electrons. The molecule has 1 aromatic carbocycles. The Morgan fingerprint density at radius 1 is 1.13 bits per heavy atom. The third kappa shape index (κ3) is 6.07. The van der Waals surface area contributed by atoms with E-state index >= 15 is 0 Å². The number of piperidine rings is 1. The Balaban J connectivity index is 1.69.